The first-order chi connectivity index (χ1) is 19.7. The molecule has 0 aliphatic rings. The quantitative estimate of drug-likeness (QED) is 0.108. The lowest BCUT2D eigenvalue weighted by molar-refractivity contribution is -0.380. The summed E-state index contributed by atoms with van der Waals surface area (Å²) in [5, 5.41) is 16.8. The Hall–Kier alpha value is -4.46. The first-order valence-corrected chi connectivity index (χ1v) is 15.4. The smallest absolute Gasteiger partial charge is 0.267 e. The molecular formula is C28H23N5O5S3. The number of carbonyl (C=O) groups excluding carboxylic acids is 1. The Morgan fingerprint density at radius 1 is 1.02 bits per heavy atom. The van der Waals surface area contributed by atoms with E-state index in [2.05, 4.69) is 10.1 Å². The molecule has 13 heteroatoms. The van der Waals surface area contributed by atoms with Crippen molar-refractivity contribution < 1.29 is 18.1 Å². The zero-order valence-corrected chi connectivity index (χ0v) is 24.3. The molecule has 0 saturated carbocycles. The summed E-state index contributed by atoms with van der Waals surface area (Å²) < 4.78 is 28.9. The van der Waals surface area contributed by atoms with E-state index in [1.54, 1.807) is 37.3 Å². The Bertz CT molecular complexity index is 1870. The number of hydrogen-bond donors (Lipinski definition) is 0. The van der Waals surface area contributed by atoms with Gasteiger partial charge < -0.3 is 0 Å². The summed E-state index contributed by atoms with van der Waals surface area (Å²) >= 11 is 2.20. The Kier molecular flexibility index (Phi) is 7.92. The van der Waals surface area contributed by atoms with Crippen molar-refractivity contribution in [2.75, 3.05) is 15.9 Å². The maximum absolute atomic E-state index is 13.7. The molecule has 1 amide bonds. The van der Waals surface area contributed by atoms with Crippen LogP contribution in [0, 0.1) is 17.0 Å². The number of sulfonamides is 1. The van der Waals surface area contributed by atoms with Crippen molar-refractivity contribution in [1.82, 2.24) is 4.98 Å². The van der Waals surface area contributed by atoms with Crippen molar-refractivity contribution in [3.63, 3.8) is 0 Å². The van der Waals surface area contributed by atoms with E-state index in [-0.39, 0.29) is 22.0 Å². The van der Waals surface area contributed by atoms with Crippen LogP contribution < -0.4 is 9.31 Å². The van der Waals surface area contributed by atoms with Gasteiger partial charge in [0.1, 0.15) is 0 Å². The predicted molar refractivity (Wildman–Crippen MR) is 163 cm³/mol. The number of hydrogen-bond acceptors (Lipinski definition) is 9. The molecule has 3 aromatic carbocycles. The average Bonchev–Trinajstić information content (AvgIpc) is 3.61. The highest BCUT2D eigenvalue weighted by molar-refractivity contribution is 7.92. The summed E-state index contributed by atoms with van der Waals surface area (Å²) in [6.45, 7) is 3.93. The molecule has 0 saturated heterocycles. The molecule has 2 heterocycles. The molecule has 0 aliphatic carbocycles. The second-order valence-electron chi connectivity index (χ2n) is 8.79. The van der Waals surface area contributed by atoms with E-state index >= 15 is 0 Å². The van der Waals surface area contributed by atoms with E-state index in [0.29, 0.717) is 21.2 Å². The van der Waals surface area contributed by atoms with Crippen LogP contribution in [0.5, 0.6) is 0 Å². The minimum absolute atomic E-state index is 0.0381. The molecule has 0 fully saturated rings. The number of fused-ring (bicyclic) bond motifs is 1. The van der Waals surface area contributed by atoms with Crippen LogP contribution >= 0.6 is 22.7 Å². The van der Waals surface area contributed by atoms with Crippen molar-refractivity contribution in [3.8, 4) is 0 Å². The van der Waals surface area contributed by atoms with Gasteiger partial charge in [0.25, 0.3) is 15.9 Å². The summed E-state index contributed by atoms with van der Waals surface area (Å²) in [5.74, 6) is -0.539. The van der Waals surface area contributed by atoms with Crippen molar-refractivity contribution in [1.29, 1.82) is 0 Å². The average molecular weight is 606 g/mol. The fourth-order valence-corrected chi connectivity index (χ4v) is 7.21. The minimum atomic E-state index is -3.88. The second kappa shape index (κ2) is 11.6. The first kappa shape index (κ1) is 28.1. The molecule has 41 heavy (non-hydrogen) atoms. The number of aromatic nitrogens is 1. The van der Waals surface area contributed by atoms with E-state index in [0.717, 1.165) is 26.6 Å². The maximum Gasteiger partial charge on any atom is 0.324 e. The summed E-state index contributed by atoms with van der Waals surface area (Å²) in [6.07, 6.45) is 1.37. The van der Waals surface area contributed by atoms with Gasteiger partial charge in [0, 0.05) is 18.2 Å². The fourth-order valence-electron chi connectivity index (χ4n) is 4.03. The van der Waals surface area contributed by atoms with Crippen LogP contribution in [0.3, 0.4) is 0 Å². The van der Waals surface area contributed by atoms with Gasteiger partial charge in [0.2, 0.25) is 5.13 Å². The first-order valence-electron chi connectivity index (χ1n) is 12.3. The van der Waals surface area contributed by atoms with E-state index in [4.69, 9.17) is 0 Å². The number of amides is 1. The van der Waals surface area contributed by atoms with Gasteiger partial charge >= 0.3 is 5.00 Å². The number of para-hydroxylation sites is 1. The van der Waals surface area contributed by atoms with E-state index in [1.165, 1.54) is 52.2 Å². The van der Waals surface area contributed by atoms with Crippen LogP contribution in [0.1, 0.15) is 27.7 Å². The molecule has 0 unspecified atom stereocenters. The number of anilines is 2. The van der Waals surface area contributed by atoms with Gasteiger partial charge in [-0.15, -0.1) is 0 Å². The monoisotopic (exact) mass is 605 g/mol. The summed E-state index contributed by atoms with van der Waals surface area (Å²) in [7, 11) is -3.88. The predicted octanol–water partition coefficient (Wildman–Crippen LogP) is 6.47. The summed E-state index contributed by atoms with van der Waals surface area (Å²) in [6, 6.07) is 23.1. The second-order valence-corrected chi connectivity index (χ2v) is 12.8. The number of thiazole rings is 1. The topological polar surface area (TPSA) is 126 Å². The van der Waals surface area contributed by atoms with Gasteiger partial charge in [0.15, 0.2) is 0 Å². The van der Waals surface area contributed by atoms with Crippen LogP contribution in [-0.2, 0) is 10.0 Å². The lowest BCUT2D eigenvalue weighted by Gasteiger charge is -2.23. The molecule has 208 valence electrons. The number of aryl methyl sites for hydroxylation is 1. The van der Waals surface area contributed by atoms with E-state index < -0.39 is 20.9 Å². The molecule has 2 aromatic heterocycles. The number of nitro groups is 1. The largest absolute Gasteiger partial charge is 0.324 e. The highest BCUT2D eigenvalue weighted by Gasteiger charge is 2.26. The molecule has 0 radical (unpaired) electrons. The number of nitrogens with zero attached hydrogens (tertiary/aromatic N) is 5. The van der Waals surface area contributed by atoms with E-state index in [9.17, 15) is 23.3 Å². The molecule has 0 atom stereocenters. The maximum atomic E-state index is 13.7. The Labute approximate surface area is 244 Å². The van der Waals surface area contributed by atoms with Crippen molar-refractivity contribution in [2.45, 2.75) is 18.7 Å². The van der Waals surface area contributed by atoms with Gasteiger partial charge in [-0.05, 0) is 74.0 Å². The normalized spacial score (nSPS) is 11.7. The Morgan fingerprint density at radius 2 is 1.76 bits per heavy atom. The van der Waals surface area contributed by atoms with Crippen molar-refractivity contribution in [2.24, 2.45) is 5.10 Å². The molecule has 10 nitrogen and oxygen atoms in total. The van der Waals surface area contributed by atoms with Crippen molar-refractivity contribution >= 4 is 70.9 Å². The van der Waals surface area contributed by atoms with Gasteiger partial charge in [-0.3, -0.25) is 19.2 Å². The Morgan fingerprint density at radius 3 is 2.41 bits per heavy atom. The number of thiophene rings is 1. The molecule has 0 N–H and O–H groups in total. The van der Waals surface area contributed by atoms with Crippen LogP contribution in [-0.4, -0.2) is 37.0 Å². The number of hydrazone groups is 1. The molecule has 5 aromatic rings. The third kappa shape index (κ3) is 5.87. The fraction of sp³-hybridized carbons (Fsp3) is 0.107. The van der Waals surface area contributed by atoms with Crippen LogP contribution in [0.2, 0.25) is 0 Å². The third-order valence-corrected chi connectivity index (χ3v) is 9.90. The molecular weight excluding hydrogens is 583 g/mol. The summed E-state index contributed by atoms with van der Waals surface area (Å²) in [4.78, 5) is 29.4. The standard InChI is InChI=1S/C28H23N5O5S3/c1-3-31(21-7-5-4-6-8-21)41(37,38)23-13-10-20(11-14-23)27(34)32(29-18-22-12-16-26(39-22)33(35)36)28-30-24-15-9-19(2)17-25(24)40-28/h4-18H,3H2,1-2H3/b29-18+. The highest BCUT2D eigenvalue weighted by atomic mass is 32.2. The molecule has 0 bridgehead atoms. The van der Waals surface area contributed by atoms with Crippen LogP contribution in [0.4, 0.5) is 15.8 Å². The molecule has 0 spiro atoms. The zero-order chi connectivity index (χ0) is 29.1. The van der Waals surface area contributed by atoms with E-state index in [1.807, 2.05) is 31.2 Å². The lowest BCUT2D eigenvalue weighted by atomic mass is 10.2. The van der Waals surface area contributed by atoms with Crippen molar-refractivity contribution in [3.05, 3.63) is 111 Å². The third-order valence-electron chi connectivity index (χ3n) is 6.02. The minimum Gasteiger partial charge on any atom is -0.267 e. The molecule has 5 rings (SSSR count). The van der Waals surface area contributed by atoms with Crippen LogP contribution in [0.15, 0.2) is 94.9 Å². The molecule has 0 aliphatic heterocycles. The number of rotatable bonds is 9. The zero-order valence-electron chi connectivity index (χ0n) is 21.9. The van der Waals surface area contributed by atoms with Crippen LogP contribution in [0.25, 0.3) is 10.2 Å². The van der Waals surface area contributed by atoms with Gasteiger partial charge in [-0.2, -0.15) is 10.1 Å². The SMILES string of the molecule is CCN(c1ccccc1)S(=O)(=O)c1ccc(C(=O)N(/N=C/c2ccc([N+](=O)[O-])s2)c2nc3ccc(C)cc3s2)cc1. The van der Waals surface area contributed by atoms with Gasteiger partial charge in [-0.25, -0.2) is 13.4 Å². The number of carbonyl (C=O) groups is 1. The number of benzene rings is 3. The lowest BCUT2D eigenvalue weighted by Crippen LogP contribution is -2.31. The van der Waals surface area contributed by atoms with Gasteiger partial charge in [-0.1, -0.05) is 46.9 Å². The van der Waals surface area contributed by atoms with Gasteiger partial charge in [0.05, 0.1) is 36.8 Å². The Balaban J connectivity index is 1.49. The summed E-state index contributed by atoms with van der Waals surface area (Å²) in [5.41, 5.74) is 2.46. The highest BCUT2D eigenvalue weighted by Crippen LogP contribution is 2.32.